The number of anilines is 3. The third-order valence-electron chi connectivity index (χ3n) is 4.11. The number of aromatic hydroxyl groups is 1. The third kappa shape index (κ3) is 2.28. The summed E-state index contributed by atoms with van der Waals surface area (Å²) in [4.78, 5) is 13.1. The van der Waals surface area contributed by atoms with E-state index in [1.165, 1.54) is 10.7 Å². The van der Waals surface area contributed by atoms with E-state index in [9.17, 15) is 22.7 Å². The van der Waals surface area contributed by atoms with E-state index in [0.29, 0.717) is 28.8 Å². The number of amides is 1. The van der Waals surface area contributed by atoms with Gasteiger partial charge in [-0.1, -0.05) is 5.21 Å². The van der Waals surface area contributed by atoms with Crippen LogP contribution in [0.15, 0.2) is 12.3 Å². The van der Waals surface area contributed by atoms with Crippen LogP contribution in [-0.4, -0.2) is 47.5 Å². The van der Waals surface area contributed by atoms with E-state index in [1.807, 2.05) is 0 Å². The summed E-state index contributed by atoms with van der Waals surface area (Å²) in [5.74, 6) is -1.76. The highest BCUT2D eigenvalue weighted by atomic mass is 32.2. The number of hydrogen-bond donors (Lipinski definition) is 2. The maximum absolute atomic E-state index is 15.0. The quantitative estimate of drug-likeness (QED) is 0.735. The molecule has 0 radical (unpaired) electrons. The van der Waals surface area contributed by atoms with Gasteiger partial charge in [0, 0.05) is 25.2 Å². The molecule has 0 spiro atoms. The minimum atomic E-state index is -4.22. The SMILES string of the molecule is Cn1cc(N2CCc3c2cc(O)c(N2CC(=O)NS2(=O)=O)c3F)nn1. The summed E-state index contributed by atoms with van der Waals surface area (Å²) in [7, 11) is -2.53. The van der Waals surface area contributed by atoms with Crippen LogP contribution >= 0.6 is 0 Å². The van der Waals surface area contributed by atoms with Crippen LogP contribution in [0.25, 0.3) is 0 Å². The molecule has 10 nitrogen and oxygen atoms in total. The second kappa shape index (κ2) is 5.05. The van der Waals surface area contributed by atoms with Gasteiger partial charge in [0.2, 0.25) is 0 Å². The smallest absolute Gasteiger partial charge is 0.326 e. The van der Waals surface area contributed by atoms with Gasteiger partial charge in [-0.3, -0.25) is 9.48 Å². The number of benzene rings is 1. The summed E-state index contributed by atoms with van der Waals surface area (Å²) in [6.45, 7) is -0.183. The first-order valence-electron chi connectivity index (χ1n) is 7.29. The Hall–Kier alpha value is -2.89. The molecular formula is C13H13FN6O4S. The Labute approximate surface area is 141 Å². The fourth-order valence-electron chi connectivity index (χ4n) is 3.06. The van der Waals surface area contributed by atoms with Crippen molar-refractivity contribution in [3.05, 3.63) is 23.6 Å². The molecule has 0 unspecified atom stereocenters. The topological polar surface area (TPSA) is 121 Å². The Morgan fingerprint density at radius 1 is 1.40 bits per heavy atom. The van der Waals surface area contributed by atoms with Crippen LogP contribution in [0.1, 0.15) is 5.56 Å². The molecule has 1 saturated heterocycles. The van der Waals surface area contributed by atoms with Crippen molar-refractivity contribution in [2.24, 2.45) is 7.05 Å². The van der Waals surface area contributed by atoms with E-state index >= 15 is 0 Å². The molecule has 2 aliphatic heterocycles. The van der Waals surface area contributed by atoms with Gasteiger partial charge in [-0.25, -0.2) is 13.4 Å². The highest BCUT2D eigenvalue weighted by molar-refractivity contribution is 7.92. The fraction of sp³-hybridized carbons (Fsp3) is 0.308. The van der Waals surface area contributed by atoms with Crippen LogP contribution in [0, 0.1) is 5.82 Å². The molecule has 2 aromatic rings. The van der Waals surface area contributed by atoms with Crippen LogP contribution in [0.3, 0.4) is 0 Å². The zero-order valence-corrected chi connectivity index (χ0v) is 13.8. The predicted octanol–water partition coefficient (Wildman–Crippen LogP) is -0.465. The number of nitrogens with one attached hydrogen (secondary N) is 1. The maximum atomic E-state index is 15.0. The molecule has 1 amide bonds. The summed E-state index contributed by atoms with van der Waals surface area (Å²) in [5.41, 5.74) is 0.0984. The number of nitrogens with zero attached hydrogens (tertiary/aromatic N) is 5. The number of fused-ring (bicyclic) bond motifs is 1. The largest absolute Gasteiger partial charge is 0.506 e. The van der Waals surface area contributed by atoms with Gasteiger partial charge < -0.3 is 10.0 Å². The molecule has 1 fully saturated rings. The van der Waals surface area contributed by atoms with Crippen molar-refractivity contribution in [1.29, 1.82) is 0 Å². The zero-order chi connectivity index (χ0) is 17.9. The molecule has 2 N–H and O–H groups in total. The molecular weight excluding hydrogens is 355 g/mol. The van der Waals surface area contributed by atoms with Crippen LogP contribution in [0.5, 0.6) is 5.75 Å². The lowest BCUT2D eigenvalue weighted by molar-refractivity contribution is -0.117. The first kappa shape index (κ1) is 15.6. The summed E-state index contributed by atoms with van der Waals surface area (Å²) in [6.07, 6.45) is 1.94. The zero-order valence-electron chi connectivity index (χ0n) is 13.0. The van der Waals surface area contributed by atoms with E-state index < -0.39 is 39.9 Å². The molecule has 0 atom stereocenters. The highest BCUT2D eigenvalue weighted by Gasteiger charge is 2.39. The average molecular weight is 368 g/mol. The monoisotopic (exact) mass is 368 g/mol. The first-order valence-corrected chi connectivity index (χ1v) is 8.73. The number of rotatable bonds is 2. The molecule has 0 saturated carbocycles. The van der Waals surface area contributed by atoms with Gasteiger partial charge in [0.15, 0.2) is 11.6 Å². The highest BCUT2D eigenvalue weighted by Crippen LogP contribution is 2.44. The maximum Gasteiger partial charge on any atom is 0.326 e. The third-order valence-corrected chi connectivity index (χ3v) is 5.49. The van der Waals surface area contributed by atoms with Crippen molar-refractivity contribution >= 4 is 33.3 Å². The van der Waals surface area contributed by atoms with E-state index in [-0.39, 0.29) is 5.56 Å². The molecule has 132 valence electrons. The summed E-state index contributed by atoms with van der Waals surface area (Å²) < 4.78 is 42.7. The predicted molar refractivity (Wildman–Crippen MR) is 84.2 cm³/mol. The molecule has 25 heavy (non-hydrogen) atoms. The number of hydrogen-bond acceptors (Lipinski definition) is 7. The molecule has 1 aromatic heterocycles. The molecule has 0 bridgehead atoms. The van der Waals surface area contributed by atoms with Crippen LogP contribution in [-0.2, 0) is 28.5 Å². The number of aryl methyl sites for hydroxylation is 1. The lowest BCUT2D eigenvalue weighted by atomic mass is 10.1. The fourth-order valence-corrected chi connectivity index (χ4v) is 4.22. The standard InChI is InChI=1S/C13H13FN6O4S/c1-18-5-10(15-17-18)19-3-2-7-8(19)4-9(21)13(12(7)14)20-6-11(22)16-25(20,23)24/h4-5,21H,2-3,6H2,1H3,(H,16,22). The van der Waals surface area contributed by atoms with Gasteiger partial charge in [0.05, 0.1) is 11.9 Å². The second-order valence-corrected chi connectivity index (χ2v) is 7.34. The minimum absolute atomic E-state index is 0.244. The Bertz CT molecular complexity index is 1000. The number of phenols is 1. The molecule has 2 aliphatic rings. The Balaban J connectivity index is 1.83. The average Bonchev–Trinajstić information content (AvgIpc) is 3.17. The summed E-state index contributed by atoms with van der Waals surface area (Å²) >= 11 is 0. The summed E-state index contributed by atoms with van der Waals surface area (Å²) in [5, 5.41) is 18.0. The van der Waals surface area contributed by atoms with Crippen molar-refractivity contribution in [2.75, 3.05) is 22.3 Å². The summed E-state index contributed by atoms with van der Waals surface area (Å²) in [6, 6.07) is 1.27. The van der Waals surface area contributed by atoms with Gasteiger partial charge >= 0.3 is 10.2 Å². The van der Waals surface area contributed by atoms with Gasteiger partial charge in [-0.2, -0.15) is 8.42 Å². The number of carbonyl (C=O) groups is 1. The van der Waals surface area contributed by atoms with Crippen molar-refractivity contribution in [3.63, 3.8) is 0 Å². The number of phenolic OH excluding ortho intramolecular Hbond substituents is 1. The van der Waals surface area contributed by atoms with Crippen molar-refractivity contribution in [2.45, 2.75) is 6.42 Å². The lowest BCUT2D eigenvalue weighted by Crippen LogP contribution is -2.30. The van der Waals surface area contributed by atoms with Crippen LogP contribution in [0.4, 0.5) is 21.6 Å². The second-order valence-electron chi connectivity index (χ2n) is 5.74. The lowest BCUT2D eigenvalue weighted by Gasteiger charge is -2.20. The normalized spacial score (nSPS) is 18.6. The Kier molecular flexibility index (Phi) is 3.16. The van der Waals surface area contributed by atoms with Crippen molar-refractivity contribution in [3.8, 4) is 5.75 Å². The Morgan fingerprint density at radius 2 is 2.16 bits per heavy atom. The molecule has 3 heterocycles. The minimum Gasteiger partial charge on any atom is -0.506 e. The molecule has 4 rings (SSSR count). The van der Waals surface area contributed by atoms with Crippen LogP contribution < -0.4 is 13.9 Å². The van der Waals surface area contributed by atoms with Crippen molar-refractivity contribution < 1.29 is 22.7 Å². The number of aromatic nitrogens is 3. The number of halogens is 1. The molecule has 1 aromatic carbocycles. The van der Waals surface area contributed by atoms with E-state index in [0.717, 1.165) is 0 Å². The van der Waals surface area contributed by atoms with Gasteiger partial charge in [0.1, 0.15) is 18.0 Å². The van der Waals surface area contributed by atoms with Gasteiger partial charge in [-0.15, -0.1) is 5.10 Å². The van der Waals surface area contributed by atoms with Crippen LogP contribution in [0.2, 0.25) is 0 Å². The Morgan fingerprint density at radius 3 is 2.76 bits per heavy atom. The van der Waals surface area contributed by atoms with E-state index in [4.69, 9.17) is 0 Å². The number of carbonyl (C=O) groups excluding carboxylic acids is 1. The molecule has 0 aliphatic carbocycles. The first-order chi connectivity index (χ1) is 11.8. The van der Waals surface area contributed by atoms with Gasteiger partial charge in [-0.05, 0) is 6.42 Å². The van der Waals surface area contributed by atoms with Gasteiger partial charge in [0.25, 0.3) is 5.91 Å². The van der Waals surface area contributed by atoms with E-state index in [2.05, 4.69) is 10.3 Å². The van der Waals surface area contributed by atoms with Crippen molar-refractivity contribution in [1.82, 2.24) is 19.7 Å². The molecule has 12 heteroatoms. The van der Waals surface area contributed by atoms with E-state index in [1.54, 1.807) is 22.9 Å².